The molecule has 8 heteroatoms. The lowest BCUT2D eigenvalue weighted by Crippen LogP contribution is -2.40. The number of nitrogens with zero attached hydrogens (tertiary/aromatic N) is 2. The van der Waals surface area contributed by atoms with E-state index in [1.165, 1.54) is 12.8 Å². The number of hydrogen-bond acceptors (Lipinski definition) is 6. The van der Waals surface area contributed by atoms with Crippen molar-refractivity contribution in [2.75, 3.05) is 46.0 Å². The molecule has 1 unspecified atom stereocenters. The second-order valence-corrected chi connectivity index (χ2v) is 10.2. The summed E-state index contributed by atoms with van der Waals surface area (Å²) in [5, 5.41) is 18.5. The molecule has 1 heterocycles. The molecule has 1 aliphatic heterocycles. The van der Waals surface area contributed by atoms with Gasteiger partial charge in [0.1, 0.15) is 5.75 Å². The van der Waals surface area contributed by atoms with Gasteiger partial charge in [0.2, 0.25) is 0 Å². The van der Waals surface area contributed by atoms with Gasteiger partial charge in [0.15, 0.2) is 6.23 Å². The summed E-state index contributed by atoms with van der Waals surface area (Å²) >= 11 is 0. The van der Waals surface area contributed by atoms with Crippen molar-refractivity contribution in [3.63, 3.8) is 0 Å². The highest BCUT2D eigenvalue weighted by Crippen LogP contribution is 2.30. The van der Waals surface area contributed by atoms with E-state index in [9.17, 15) is 9.90 Å². The number of carbonyl (C=O) groups excluding carboxylic acids is 1. The zero-order chi connectivity index (χ0) is 30.0. The maximum atomic E-state index is 13.8. The number of para-hydroxylation sites is 1. The fourth-order valence-corrected chi connectivity index (χ4v) is 4.93. The number of aliphatic hydroxyl groups excluding tert-OH is 1. The van der Waals surface area contributed by atoms with E-state index < -0.39 is 6.23 Å². The van der Waals surface area contributed by atoms with Gasteiger partial charge in [-0.25, -0.2) is 0 Å². The topological polar surface area (TPSA) is 99.5 Å². The van der Waals surface area contributed by atoms with E-state index in [1.807, 2.05) is 66.7 Å². The lowest BCUT2D eigenvalue weighted by Gasteiger charge is -2.31. The average molecular weight is 577 g/mol. The molecular weight excluding hydrogens is 532 g/mol. The number of morpholine rings is 1. The first-order valence-electron chi connectivity index (χ1n) is 14.8. The molecule has 0 aromatic heterocycles. The maximum Gasteiger partial charge on any atom is 0.290 e. The minimum absolute atomic E-state index is 0.193. The van der Waals surface area contributed by atoms with Gasteiger partial charge in [-0.2, -0.15) is 0 Å². The predicted molar refractivity (Wildman–Crippen MR) is 165 cm³/mol. The van der Waals surface area contributed by atoms with Crippen molar-refractivity contribution < 1.29 is 29.3 Å². The van der Waals surface area contributed by atoms with Gasteiger partial charge >= 0.3 is 0 Å². The molecule has 42 heavy (non-hydrogen) atoms. The molecule has 3 aromatic carbocycles. The molecule has 3 aromatic rings. The highest BCUT2D eigenvalue weighted by atomic mass is 16.5. The molecule has 0 saturated carbocycles. The minimum atomic E-state index is -1.11. The molecule has 0 aliphatic carbocycles. The maximum absolute atomic E-state index is 13.8. The summed E-state index contributed by atoms with van der Waals surface area (Å²) in [7, 11) is 0. The van der Waals surface area contributed by atoms with Gasteiger partial charge in [0.05, 0.1) is 19.8 Å². The fourth-order valence-electron chi connectivity index (χ4n) is 4.93. The number of carboxylic acid groups (broad SMARTS) is 1. The molecule has 1 saturated heterocycles. The summed E-state index contributed by atoms with van der Waals surface area (Å²) in [6.45, 7) is 7.08. The molecule has 8 nitrogen and oxygen atoms in total. The third-order valence-corrected chi connectivity index (χ3v) is 7.22. The normalized spacial score (nSPS) is 13.9. The van der Waals surface area contributed by atoms with Crippen LogP contribution in [0.15, 0.2) is 78.9 Å². The first kappa shape index (κ1) is 32.8. The van der Waals surface area contributed by atoms with Gasteiger partial charge < -0.3 is 24.6 Å². The Kier molecular flexibility index (Phi) is 14.6. The molecule has 1 aliphatic rings. The summed E-state index contributed by atoms with van der Waals surface area (Å²) in [6, 6.07) is 25.3. The van der Waals surface area contributed by atoms with E-state index in [-0.39, 0.29) is 12.4 Å². The van der Waals surface area contributed by atoms with Crippen LogP contribution in [0.25, 0.3) is 11.1 Å². The van der Waals surface area contributed by atoms with Gasteiger partial charge in [-0.15, -0.1) is 0 Å². The largest absolute Gasteiger partial charge is 0.493 e. The van der Waals surface area contributed by atoms with E-state index in [0.29, 0.717) is 30.0 Å². The van der Waals surface area contributed by atoms with Crippen LogP contribution in [0, 0.1) is 0 Å². The SMILES string of the molecule is CCCCCCOc1ccccc1C(O)N(CCCN1CCOCC1)C(=O)c1ccc(-c2ccccc2)cc1.O=CO. The monoisotopic (exact) mass is 576 g/mol. The lowest BCUT2D eigenvalue weighted by molar-refractivity contribution is -0.122. The molecule has 4 rings (SSSR count). The van der Waals surface area contributed by atoms with E-state index >= 15 is 0 Å². The Balaban J connectivity index is 0.00000155. The van der Waals surface area contributed by atoms with Crippen molar-refractivity contribution in [2.45, 2.75) is 45.3 Å². The van der Waals surface area contributed by atoms with Crippen molar-refractivity contribution in [2.24, 2.45) is 0 Å². The van der Waals surface area contributed by atoms with Crippen LogP contribution in [-0.4, -0.2) is 78.4 Å². The van der Waals surface area contributed by atoms with Crippen LogP contribution in [0.1, 0.15) is 61.2 Å². The predicted octanol–water partition coefficient (Wildman–Crippen LogP) is 5.87. The third-order valence-electron chi connectivity index (χ3n) is 7.22. The zero-order valence-electron chi connectivity index (χ0n) is 24.6. The minimum Gasteiger partial charge on any atom is -0.493 e. The average Bonchev–Trinajstić information content (AvgIpc) is 3.04. The Labute approximate surface area is 249 Å². The smallest absolute Gasteiger partial charge is 0.290 e. The molecule has 1 atom stereocenters. The van der Waals surface area contributed by atoms with Crippen LogP contribution >= 0.6 is 0 Å². The van der Waals surface area contributed by atoms with Crippen LogP contribution < -0.4 is 4.74 Å². The number of carbonyl (C=O) groups is 2. The number of rotatable bonds is 14. The Morgan fingerprint density at radius 1 is 0.929 bits per heavy atom. The zero-order valence-corrected chi connectivity index (χ0v) is 24.6. The van der Waals surface area contributed by atoms with Crippen LogP contribution in [0.3, 0.4) is 0 Å². The molecule has 0 radical (unpaired) electrons. The van der Waals surface area contributed by atoms with Gasteiger partial charge in [0, 0.05) is 37.3 Å². The van der Waals surface area contributed by atoms with Crippen molar-refractivity contribution in [3.05, 3.63) is 90.0 Å². The van der Waals surface area contributed by atoms with E-state index in [2.05, 4.69) is 24.0 Å². The molecule has 1 fully saturated rings. The van der Waals surface area contributed by atoms with Gasteiger partial charge in [0.25, 0.3) is 12.4 Å². The summed E-state index contributed by atoms with van der Waals surface area (Å²) in [5.74, 6) is 0.439. The number of hydrogen-bond donors (Lipinski definition) is 2. The van der Waals surface area contributed by atoms with Crippen LogP contribution in [0.5, 0.6) is 5.75 Å². The highest BCUT2D eigenvalue weighted by molar-refractivity contribution is 5.95. The van der Waals surface area contributed by atoms with Crippen molar-refractivity contribution >= 4 is 12.4 Å². The van der Waals surface area contributed by atoms with Gasteiger partial charge in [-0.05, 0) is 42.2 Å². The first-order valence-corrected chi connectivity index (χ1v) is 14.8. The molecule has 0 bridgehead atoms. The van der Waals surface area contributed by atoms with E-state index in [1.54, 1.807) is 4.90 Å². The quantitative estimate of drug-likeness (QED) is 0.141. The molecule has 2 N–H and O–H groups in total. The summed E-state index contributed by atoms with van der Waals surface area (Å²) in [4.78, 5) is 26.1. The highest BCUT2D eigenvalue weighted by Gasteiger charge is 2.27. The number of ether oxygens (including phenoxy) is 2. The Morgan fingerprint density at radius 3 is 2.26 bits per heavy atom. The Morgan fingerprint density at radius 2 is 1.57 bits per heavy atom. The molecular formula is C34H44N2O6. The number of amides is 1. The van der Waals surface area contributed by atoms with Crippen molar-refractivity contribution in [1.29, 1.82) is 0 Å². The van der Waals surface area contributed by atoms with E-state index in [0.717, 1.165) is 63.2 Å². The van der Waals surface area contributed by atoms with E-state index in [4.69, 9.17) is 19.4 Å². The summed E-state index contributed by atoms with van der Waals surface area (Å²) in [5.41, 5.74) is 3.32. The second kappa shape index (κ2) is 18.7. The Bertz CT molecular complexity index is 1180. The first-order chi connectivity index (χ1) is 20.6. The third kappa shape index (κ3) is 10.3. The second-order valence-electron chi connectivity index (χ2n) is 10.2. The number of aliphatic hydroxyl groups is 1. The standard InChI is InChI=1S/C33H42N2O4.CH2O2/c1-2-3-4-10-24-39-31-15-9-8-14-30(31)33(37)35(21-11-20-34-22-25-38-26-23-34)32(36)29-18-16-28(17-19-29)27-12-6-5-7-13-27;2-1-3/h5-9,12-19,33,37H,2-4,10-11,20-26H2,1H3;1H,(H,2,3). The van der Waals surface area contributed by atoms with Crippen LogP contribution in [0.2, 0.25) is 0 Å². The van der Waals surface area contributed by atoms with Crippen molar-refractivity contribution in [1.82, 2.24) is 9.80 Å². The van der Waals surface area contributed by atoms with Gasteiger partial charge in [-0.3, -0.25) is 14.5 Å². The summed E-state index contributed by atoms with van der Waals surface area (Å²) in [6.07, 6.45) is 4.08. The van der Waals surface area contributed by atoms with Crippen LogP contribution in [-0.2, 0) is 9.53 Å². The molecule has 226 valence electrons. The molecule has 0 spiro atoms. The van der Waals surface area contributed by atoms with Crippen LogP contribution in [0.4, 0.5) is 0 Å². The summed E-state index contributed by atoms with van der Waals surface area (Å²) < 4.78 is 11.6. The lowest BCUT2D eigenvalue weighted by atomic mass is 10.0. The molecule has 1 amide bonds. The van der Waals surface area contributed by atoms with Crippen molar-refractivity contribution in [3.8, 4) is 16.9 Å². The number of benzene rings is 3. The fraction of sp³-hybridized carbons (Fsp3) is 0.412. The Hall–Kier alpha value is -3.72. The number of unbranched alkanes of at least 4 members (excludes halogenated alkanes) is 3. The van der Waals surface area contributed by atoms with Gasteiger partial charge in [-0.1, -0.05) is 86.8 Å².